The van der Waals surface area contributed by atoms with E-state index in [0.29, 0.717) is 0 Å². The summed E-state index contributed by atoms with van der Waals surface area (Å²) in [6.07, 6.45) is 2.07. The van der Waals surface area contributed by atoms with Crippen LogP contribution in [0.1, 0.15) is 39.1 Å². The maximum atomic E-state index is 4.83. The van der Waals surface area contributed by atoms with Gasteiger partial charge in [-0.1, -0.05) is 86.8 Å². The summed E-state index contributed by atoms with van der Waals surface area (Å²) in [4.78, 5) is 0. The SMILES string of the molecule is Cc1cc(C)c(B(c2cnn(-c3ccccc3)c2C)c2c(C)cc(C)cc2C)c(C)c1. The summed E-state index contributed by atoms with van der Waals surface area (Å²) in [5.41, 5.74) is 14.3. The number of hydrogen-bond donors (Lipinski definition) is 0. The molecular weight excluding hydrogens is 375 g/mol. The molecule has 0 N–H and O–H groups in total. The molecule has 0 bridgehead atoms. The lowest BCUT2D eigenvalue weighted by Crippen LogP contribution is -2.56. The van der Waals surface area contributed by atoms with Crippen LogP contribution in [-0.2, 0) is 0 Å². The fourth-order valence-corrected chi connectivity index (χ4v) is 5.28. The van der Waals surface area contributed by atoms with Crippen molar-refractivity contribution in [2.24, 2.45) is 0 Å². The molecule has 0 unspecified atom stereocenters. The molecule has 0 radical (unpaired) electrons. The number of benzene rings is 3. The second kappa shape index (κ2) is 8.22. The summed E-state index contributed by atoms with van der Waals surface area (Å²) >= 11 is 0. The minimum absolute atomic E-state index is 0.152. The normalized spacial score (nSPS) is 11.1. The molecule has 156 valence electrons. The predicted octanol–water partition coefficient (Wildman–Crippen LogP) is 4.55. The monoisotopic (exact) mass is 406 g/mol. The van der Waals surface area contributed by atoms with E-state index in [0.717, 1.165) is 5.69 Å². The van der Waals surface area contributed by atoms with E-state index in [1.807, 2.05) is 6.07 Å². The number of nitrogens with zero attached hydrogens (tertiary/aromatic N) is 2. The molecule has 0 aliphatic carbocycles. The van der Waals surface area contributed by atoms with Crippen molar-refractivity contribution in [1.29, 1.82) is 0 Å². The van der Waals surface area contributed by atoms with Crippen molar-refractivity contribution in [2.75, 3.05) is 0 Å². The fraction of sp³-hybridized carbons (Fsp3) is 0.250. The molecule has 3 aromatic carbocycles. The standard InChI is InChI=1S/C28H31BN2/c1-18-13-20(3)27(21(4)14-18)29(28-22(5)15-19(2)16-23(28)6)26-17-30-31(24(26)7)25-11-9-8-10-12-25/h8-17H,1-7H3. The number of aryl methyl sites for hydroxylation is 6. The Morgan fingerprint density at radius 1 is 0.645 bits per heavy atom. The highest BCUT2D eigenvalue weighted by molar-refractivity contribution is 6.96. The number of rotatable bonds is 4. The van der Waals surface area contributed by atoms with Gasteiger partial charge in [-0.15, -0.1) is 0 Å². The average molecular weight is 406 g/mol. The van der Waals surface area contributed by atoms with Crippen molar-refractivity contribution in [3.8, 4) is 5.69 Å². The molecule has 0 aliphatic rings. The molecule has 2 nitrogen and oxygen atoms in total. The van der Waals surface area contributed by atoms with Gasteiger partial charge in [-0.25, -0.2) is 4.68 Å². The van der Waals surface area contributed by atoms with Crippen LogP contribution in [0.3, 0.4) is 0 Å². The number of para-hydroxylation sites is 1. The molecule has 4 aromatic rings. The molecule has 1 heterocycles. The van der Waals surface area contributed by atoms with E-state index in [2.05, 4.69) is 108 Å². The zero-order valence-electron chi connectivity index (χ0n) is 19.7. The molecule has 0 atom stereocenters. The summed E-state index contributed by atoms with van der Waals surface area (Å²) in [7, 11) is 0. The van der Waals surface area contributed by atoms with Gasteiger partial charge >= 0.3 is 0 Å². The van der Waals surface area contributed by atoms with Gasteiger partial charge in [0.1, 0.15) is 0 Å². The first kappa shape index (κ1) is 21.2. The molecule has 0 saturated heterocycles. The largest absolute Gasteiger partial charge is 0.247 e. The zero-order chi connectivity index (χ0) is 22.3. The minimum atomic E-state index is 0.152. The summed E-state index contributed by atoms with van der Waals surface area (Å²) < 4.78 is 2.07. The smallest absolute Gasteiger partial charge is 0.239 e. The molecule has 31 heavy (non-hydrogen) atoms. The molecule has 0 spiro atoms. The van der Waals surface area contributed by atoms with Crippen LogP contribution < -0.4 is 16.4 Å². The van der Waals surface area contributed by atoms with Crippen molar-refractivity contribution in [3.63, 3.8) is 0 Å². The van der Waals surface area contributed by atoms with Crippen LogP contribution in [0.25, 0.3) is 5.69 Å². The summed E-state index contributed by atoms with van der Waals surface area (Å²) in [5.74, 6) is 0. The lowest BCUT2D eigenvalue weighted by Gasteiger charge is -2.24. The first-order valence-corrected chi connectivity index (χ1v) is 11.0. The van der Waals surface area contributed by atoms with Gasteiger partial charge in [0.15, 0.2) is 0 Å². The topological polar surface area (TPSA) is 17.8 Å². The van der Waals surface area contributed by atoms with Crippen molar-refractivity contribution >= 4 is 23.1 Å². The molecule has 1 aromatic heterocycles. The summed E-state index contributed by atoms with van der Waals surface area (Å²) in [6, 6.07) is 19.6. The Kier molecular flexibility index (Phi) is 5.62. The maximum absolute atomic E-state index is 4.83. The van der Waals surface area contributed by atoms with Gasteiger partial charge in [0.2, 0.25) is 6.71 Å². The number of hydrogen-bond acceptors (Lipinski definition) is 1. The van der Waals surface area contributed by atoms with Crippen LogP contribution in [0.5, 0.6) is 0 Å². The van der Waals surface area contributed by atoms with Crippen LogP contribution in [0, 0.1) is 48.5 Å². The van der Waals surface area contributed by atoms with Crippen LogP contribution in [0.4, 0.5) is 0 Å². The van der Waals surface area contributed by atoms with Crippen molar-refractivity contribution in [2.45, 2.75) is 48.5 Å². The maximum Gasteiger partial charge on any atom is 0.247 e. The van der Waals surface area contributed by atoms with Crippen LogP contribution in [0.2, 0.25) is 0 Å². The van der Waals surface area contributed by atoms with Crippen LogP contribution in [-0.4, -0.2) is 16.5 Å². The highest BCUT2D eigenvalue weighted by Gasteiger charge is 2.31. The van der Waals surface area contributed by atoms with Gasteiger partial charge in [0, 0.05) is 11.9 Å². The lowest BCUT2D eigenvalue weighted by atomic mass is 9.34. The first-order valence-electron chi connectivity index (χ1n) is 11.0. The first-order chi connectivity index (χ1) is 14.8. The molecule has 0 aliphatic heterocycles. The van der Waals surface area contributed by atoms with E-state index < -0.39 is 0 Å². The number of aromatic nitrogens is 2. The second-order valence-corrected chi connectivity index (χ2v) is 8.99. The highest BCUT2D eigenvalue weighted by atomic mass is 15.3. The highest BCUT2D eigenvalue weighted by Crippen LogP contribution is 2.15. The average Bonchev–Trinajstić information content (AvgIpc) is 3.07. The van der Waals surface area contributed by atoms with Gasteiger partial charge in [-0.2, -0.15) is 5.10 Å². The quantitative estimate of drug-likeness (QED) is 0.455. The van der Waals surface area contributed by atoms with Crippen LogP contribution in [0.15, 0.2) is 60.8 Å². The predicted molar refractivity (Wildman–Crippen MR) is 134 cm³/mol. The Labute approximate surface area is 187 Å². The van der Waals surface area contributed by atoms with Gasteiger partial charge in [0.05, 0.1) is 5.69 Å². The third-order valence-electron chi connectivity index (χ3n) is 6.41. The van der Waals surface area contributed by atoms with Crippen molar-refractivity contribution < 1.29 is 0 Å². The fourth-order valence-electron chi connectivity index (χ4n) is 5.28. The third kappa shape index (κ3) is 3.85. The van der Waals surface area contributed by atoms with Crippen molar-refractivity contribution in [3.05, 3.63) is 99.9 Å². The van der Waals surface area contributed by atoms with E-state index in [1.54, 1.807) is 0 Å². The second-order valence-electron chi connectivity index (χ2n) is 8.99. The van der Waals surface area contributed by atoms with Gasteiger partial charge in [-0.05, 0) is 66.1 Å². The Morgan fingerprint density at radius 2 is 1.10 bits per heavy atom. The Balaban J connectivity index is 2.02. The molecule has 3 heteroatoms. The minimum Gasteiger partial charge on any atom is -0.239 e. The molecule has 0 fully saturated rings. The van der Waals surface area contributed by atoms with E-state index in [-0.39, 0.29) is 6.71 Å². The van der Waals surface area contributed by atoms with Gasteiger partial charge in [0.25, 0.3) is 0 Å². The van der Waals surface area contributed by atoms with Crippen molar-refractivity contribution in [1.82, 2.24) is 9.78 Å². The van der Waals surface area contributed by atoms with E-state index in [4.69, 9.17) is 5.10 Å². The zero-order valence-corrected chi connectivity index (χ0v) is 19.7. The van der Waals surface area contributed by atoms with Gasteiger partial charge < -0.3 is 0 Å². The molecular formula is C28H31BN2. The Hall–Kier alpha value is -3.07. The van der Waals surface area contributed by atoms with E-state index in [1.165, 1.54) is 55.5 Å². The Morgan fingerprint density at radius 3 is 1.55 bits per heavy atom. The van der Waals surface area contributed by atoms with Gasteiger partial charge in [-0.3, -0.25) is 0 Å². The van der Waals surface area contributed by atoms with E-state index in [9.17, 15) is 0 Å². The third-order valence-corrected chi connectivity index (χ3v) is 6.41. The van der Waals surface area contributed by atoms with E-state index >= 15 is 0 Å². The summed E-state index contributed by atoms with van der Waals surface area (Å²) in [5, 5.41) is 4.83. The summed E-state index contributed by atoms with van der Waals surface area (Å²) in [6.45, 7) is 15.7. The molecule has 4 rings (SSSR count). The molecule has 0 amide bonds. The van der Waals surface area contributed by atoms with Crippen LogP contribution >= 0.6 is 0 Å². The molecule has 0 saturated carbocycles. The lowest BCUT2D eigenvalue weighted by molar-refractivity contribution is 0.848. The Bertz CT molecular complexity index is 1150.